The Kier molecular flexibility index (Phi) is 4.90. The number of halogens is 2. The van der Waals surface area contributed by atoms with Gasteiger partial charge in [0, 0.05) is 27.2 Å². The molecular weight excluding hydrogens is 450 g/mol. The summed E-state index contributed by atoms with van der Waals surface area (Å²) in [7, 11) is 0. The van der Waals surface area contributed by atoms with Crippen LogP contribution in [0.2, 0.25) is 0 Å². The zero-order valence-electron chi connectivity index (χ0n) is 13.8. The molecule has 0 fully saturated rings. The molecule has 0 amide bonds. The second kappa shape index (κ2) is 7.34. The fourth-order valence-electron chi connectivity index (χ4n) is 2.92. The van der Waals surface area contributed by atoms with Gasteiger partial charge in [-0.05, 0) is 29.8 Å². The first-order chi connectivity index (χ1) is 12.8. The average molecular weight is 463 g/mol. The van der Waals surface area contributed by atoms with Gasteiger partial charge in [0.05, 0.1) is 5.39 Å². The molecule has 2 aromatic heterocycles. The number of aromatic nitrogens is 2. The third-order valence-corrected chi connectivity index (χ3v) is 5.58. The Morgan fingerprint density at radius 2 is 1.81 bits per heavy atom. The molecule has 0 radical (unpaired) electrons. The first kappa shape index (κ1) is 18.0. The number of nitrogens with zero attached hydrogens (tertiary/aromatic N) is 2. The van der Waals surface area contributed by atoms with Crippen LogP contribution in [0.25, 0.3) is 21.3 Å². The van der Waals surface area contributed by atoms with Gasteiger partial charge in [0.1, 0.15) is 17.0 Å². The second-order valence-corrected chi connectivity index (χ2v) is 7.53. The third kappa shape index (κ3) is 3.34. The van der Waals surface area contributed by atoms with Crippen molar-refractivity contribution in [3.05, 3.63) is 58.6 Å². The maximum absolute atomic E-state index is 5.46. The van der Waals surface area contributed by atoms with Crippen LogP contribution in [0.1, 0.15) is 0 Å². The molecule has 0 atom stereocenters. The van der Waals surface area contributed by atoms with Crippen molar-refractivity contribution in [2.24, 2.45) is 0 Å². The highest BCUT2D eigenvalue weighted by Gasteiger charge is 2.16. The molecule has 5 nitrogen and oxygen atoms in total. The van der Waals surface area contributed by atoms with Crippen LogP contribution in [0.15, 0.2) is 58.6 Å². The number of ether oxygens (including phenoxy) is 2. The molecule has 136 valence electrons. The smallest absolute Gasteiger partial charge is 0.231 e. The summed E-state index contributed by atoms with van der Waals surface area (Å²) in [6, 6.07) is 14.0. The van der Waals surface area contributed by atoms with E-state index in [1.54, 1.807) is 17.7 Å². The highest BCUT2D eigenvalue weighted by atomic mass is 79.9. The molecule has 0 saturated heterocycles. The molecule has 5 rings (SSSR count). The highest BCUT2D eigenvalue weighted by molar-refractivity contribution is 9.10. The van der Waals surface area contributed by atoms with Crippen LogP contribution in [0, 0.1) is 0 Å². The zero-order chi connectivity index (χ0) is 17.5. The number of benzene rings is 2. The Balaban J connectivity index is 0.00000180. The molecule has 4 aromatic rings. The average Bonchev–Trinajstić information content (AvgIpc) is 3.29. The number of hydrogen-bond donors (Lipinski definition) is 1. The molecule has 1 N–H and O–H groups in total. The van der Waals surface area contributed by atoms with Gasteiger partial charge in [0.2, 0.25) is 6.79 Å². The van der Waals surface area contributed by atoms with Crippen molar-refractivity contribution in [1.29, 1.82) is 0 Å². The molecule has 2 aromatic carbocycles. The Hall–Kier alpha value is -2.35. The van der Waals surface area contributed by atoms with Crippen LogP contribution in [-0.2, 0) is 0 Å². The van der Waals surface area contributed by atoms with E-state index in [1.807, 2.05) is 30.3 Å². The summed E-state index contributed by atoms with van der Waals surface area (Å²) in [5.74, 6) is 2.27. The first-order valence-electron chi connectivity index (χ1n) is 7.93. The van der Waals surface area contributed by atoms with Crippen LogP contribution in [0.3, 0.4) is 0 Å². The van der Waals surface area contributed by atoms with Crippen LogP contribution < -0.4 is 14.8 Å². The van der Waals surface area contributed by atoms with Crippen LogP contribution >= 0.6 is 39.7 Å². The lowest BCUT2D eigenvalue weighted by Gasteiger charge is -2.09. The van der Waals surface area contributed by atoms with E-state index in [-0.39, 0.29) is 19.2 Å². The molecule has 0 unspecified atom stereocenters. The fraction of sp³-hybridized carbons (Fsp3) is 0.0526. The van der Waals surface area contributed by atoms with E-state index in [0.29, 0.717) is 0 Å². The molecule has 0 saturated carbocycles. The molecule has 8 heteroatoms. The molecule has 1 aliphatic heterocycles. The van der Waals surface area contributed by atoms with Gasteiger partial charge in [-0.15, -0.1) is 23.7 Å². The zero-order valence-corrected chi connectivity index (χ0v) is 17.0. The SMILES string of the molecule is Brc1ccc(-c2csc3ncnc(Nc4ccc5c(c4)OCO5)c23)cc1.Cl. The number of thiophene rings is 1. The standard InChI is InChI=1S/C19H12BrN3O2S.ClH/c20-12-3-1-11(2-4-12)14-8-26-19-17(14)18(21-9-22-19)23-13-5-6-15-16(7-13)25-10-24-15;/h1-9H,10H2,(H,21,22,23);1H. The van der Waals surface area contributed by atoms with Crippen LogP contribution in [-0.4, -0.2) is 16.8 Å². The number of anilines is 2. The number of hydrogen-bond acceptors (Lipinski definition) is 6. The summed E-state index contributed by atoms with van der Waals surface area (Å²) in [5.41, 5.74) is 3.13. The minimum atomic E-state index is 0. The number of rotatable bonds is 3. The van der Waals surface area contributed by atoms with Crippen LogP contribution in [0.5, 0.6) is 11.5 Å². The van der Waals surface area contributed by atoms with Crippen LogP contribution in [0.4, 0.5) is 11.5 Å². The summed E-state index contributed by atoms with van der Waals surface area (Å²) in [4.78, 5) is 9.84. The largest absolute Gasteiger partial charge is 0.454 e. The van der Waals surface area contributed by atoms with Gasteiger partial charge in [0.15, 0.2) is 11.5 Å². The van der Waals surface area contributed by atoms with Crippen molar-refractivity contribution >= 4 is 61.4 Å². The van der Waals surface area contributed by atoms with Gasteiger partial charge in [-0.25, -0.2) is 9.97 Å². The summed E-state index contributed by atoms with van der Waals surface area (Å²) in [5, 5.41) is 6.53. The van der Waals surface area contributed by atoms with Crippen molar-refractivity contribution in [2.45, 2.75) is 0 Å². The van der Waals surface area contributed by atoms with E-state index < -0.39 is 0 Å². The Morgan fingerprint density at radius 1 is 1.00 bits per heavy atom. The number of nitrogens with one attached hydrogen (secondary N) is 1. The van der Waals surface area contributed by atoms with Crippen molar-refractivity contribution in [3.8, 4) is 22.6 Å². The summed E-state index contributed by atoms with van der Waals surface area (Å²) < 4.78 is 11.9. The summed E-state index contributed by atoms with van der Waals surface area (Å²) in [6.07, 6.45) is 1.58. The van der Waals surface area contributed by atoms with Gasteiger partial charge in [-0.3, -0.25) is 0 Å². The fourth-order valence-corrected chi connectivity index (χ4v) is 4.10. The van der Waals surface area contributed by atoms with E-state index in [9.17, 15) is 0 Å². The van der Waals surface area contributed by atoms with Gasteiger partial charge >= 0.3 is 0 Å². The van der Waals surface area contributed by atoms with Crippen molar-refractivity contribution in [1.82, 2.24) is 9.97 Å². The lowest BCUT2D eigenvalue weighted by Crippen LogP contribution is -1.95. The van der Waals surface area contributed by atoms with Crippen molar-refractivity contribution in [3.63, 3.8) is 0 Å². The van der Waals surface area contributed by atoms with Gasteiger partial charge < -0.3 is 14.8 Å². The Bertz CT molecular complexity index is 1120. The third-order valence-electron chi connectivity index (χ3n) is 4.16. The molecule has 0 aliphatic carbocycles. The van der Waals surface area contributed by atoms with E-state index >= 15 is 0 Å². The van der Waals surface area contributed by atoms with Gasteiger partial charge in [0.25, 0.3) is 0 Å². The quantitative estimate of drug-likeness (QED) is 0.404. The predicted octanol–water partition coefficient (Wildman–Crippen LogP) is 6.01. The van der Waals surface area contributed by atoms with E-state index in [0.717, 1.165) is 48.8 Å². The summed E-state index contributed by atoms with van der Waals surface area (Å²) in [6.45, 7) is 0.259. The lowest BCUT2D eigenvalue weighted by atomic mass is 10.1. The Labute approximate surface area is 173 Å². The second-order valence-electron chi connectivity index (χ2n) is 5.75. The molecule has 3 heterocycles. The minimum Gasteiger partial charge on any atom is -0.454 e. The Morgan fingerprint density at radius 3 is 2.67 bits per heavy atom. The van der Waals surface area contributed by atoms with Gasteiger partial charge in [-0.2, -0.15) is 0 Å². The normalized spacial score (nSPS) is 12.0. The highest BCUT2D eigenvalue weighted by Crippen LogP contribution is 2.39. The molecule has 27 heavy (non-hydrogen) atoms. The minimum absolute atomic E-state index is 0. The lowest BCUT2D eigenvalue weighted by molar-refractivity contribution is 0.174. The maximum atomic E-state index is 5.46. The molecule has 0 spiro atoms. The first-order valence-corrected chi connectivity index (χ1v) is 9.60. The van der Waals surface area contributed by atoms with E-state index in [2.05, 4.69) is 48.7 Å². The number of fused-ring (bicyclic) bond motifs is 2. The monoisotopic (exact) mass is 461 g/mol. The molecular formula is C19H13BrClN3O2S. The van der Waals surface area contributed by atoms with E-state index in [1.165, 1.54) is 0 Å². The topological polar surface area (TPSA) is 56.3 Å². The van der Waals surface area contributed by atoms with Gasteiger partial charge in [-0.1, -0.05) is 28.1 Å². The van der Waals surface area contributed by atoms with Crippen molar-refractivity contribution in [2.75, 3.05) is 12.1 Å². The molecule has 0 bridgehead atoms. The van der Waals surface area contributed by atoms with Crippen molar-refractivity contribution < 1.29 is 9.47 Å². The summed E-state index contributed by atoms with van der Waals surface area (Å²) >= 11 is 5.10. The van der Waals surface area contributed by atoms with E-state index in [4.69, 9.17) is 9.47 Å². The molecule has 1 aliphatic rings. The predicted molar refractivity (Wildman–Crippen MR) is 114 cm³/mol. The maximum Gasteiger partial charge on any atom is 0.231 e.